The minimum Gasteiger partial charge on any atom is -0.485 e. The molecule has 1 aliphatic heterocycles. The van der Waals surface area contributed by atoms with Crippen molar-refractivity contribution in [1.82, 2.24) is 8.87 Å². The van der Waals surface area contributed by atoms with Gasteiger partial charge in [0.15, 0.2) is 0 Å². The van der Waals surface area contributed by atoms with Crippen LogP contribution in [0.25, 0.3) is 10.9 Å². The first-order valence-corrected chi connectivity index (χ1v) is 11.9. The highest BCUT2D eigenvalue weighted by molar-refractivity contribution is 9.10. The van der Waals surface area contributed by atoms with Gasteiger partial charge in [0.05, 0.1) is 11.7 Å². The van der Waals surface area contributed by atoms with Crippen LogP contribution in [-0.2, 0) is 10.0 Å². The van der Waals surface area contributed by atoms with Crippen LogP contribution in [-0.4, -0.2) is 43.0 Å². The first-order chi connectivity index (χ1) is 13.7. The van der Waals surface area contributed by atoms with Crippen LogP contribution in [0.5, 0.6) is 5.75 Å². The molecule has 4 rings (SSSR count). The van der Waals surface area contributed by atoms with Crippen molar-refractivity contribution in [3.8, 4) is 5.75 Å². The normalized spacial score (nSPS) is 18.4. The van der Waals surface area contributed by atoms with E-state index in [0.29, 0.717) is 21.7 Å². The number of para-hydroxylation sites is 1. The van der Waals surface area contributed by atoms with Gasteiger partial charge in [0.2, 0.25) is 0 Å². The molecule has 0 N–H and O–H groups in total. The molecule has 1 aliphatic rings. The molecule has 154 valence electrons. The number of nitrogens with zero attached hydrogens (tertiary/aromatic N) is 2. The first kappa shape index (κ1) is 20.4. The largest absolute Gasteiger partial charge is 0.485 e. The fourth-order valence-corrected chi connectivity index (χ4v) is 6.36. The molecule has 2 aromatic carbocycles. The van der Waals surface area contributed by atoms with Crippen molar-refractivity contribution in [3.63, 3.8) is 0 Å². The highest BCUT2D eigenvalue weighted by Crippen LogP contribution is 2.37. The van der Waals surface area contributed by atoms with Crippen molar-refractivity contribution in [3.05, 3.63) is 59.2 Å². The van der Waals surface area contributed by atoms with Crippen LogP contribution in [0.15, 0.2) is 64.1 Å². The topological polar surface area (TPSA) is 51.5 Å². The lowest BCUT2D eigenvalue weighted by atomic mass is 9.90. The molecule has 2 heterocycles. The second-order valence-corrected chi connectivity index (χ2v) is 10.8. The molecule has 0 bridgehead atoms. The van der Waals surface area contributed by atoms with Crippen LogP contribution in [0, 0.1) is 5.92 Å². The summed E-state index contributed by atoms with van der Waals surface area (Å²) in [5, 5.41) is 0.794. The number of aromatic nitrogens is 1. The third-order valence-electron chi connectivity index (χ3n) is 5.76. The molecule has 0 aliphatic carbocycles. The molecule has 7 heteroatoms. The Bertz CT molecular complexity index is 1150. The lowest BCUT2D eigenvalue weighted by Gasteiger charge is -2.32. The SMILES string of the molecule is CN1CC[C@H](C(C)(C)Oc2cn(S(=O)(=O)c3ccccc3Br)c3ccccc23)C1. The van der Waals surface area contributed by atoms with Gasteiger partial charge >= 0.3 is 0 Å². The highest BCUT2D eigenvalue weighted by Gasteiger charge is 2.37. The van der Waals surface area contributed by atoms with E-state index < -0.39 is 15.6 Å². The maximum atomic E-state index is 13.4. The summed E-state index contributed by atoms with van der Waals surface area (Å²) in [5.41, 5.74) is 0.203. The van der Waals surface area contributed by atoms with Gasteiger partial charge in [-0.25, -0.2) is 12.4 Å². The minimum absolute atomic E-state index is 0.226. The molecular formula is C22H25BrN2O3S. The minimum atomic E-state index is -3.78. The van der Waals surface area contributed by atoms with Crippen LogP contribution < -0.4 is 4.74 Å². The summed E-state index contributed by atoms with van der Waals surface area (Å²) in [5.74, 6) is 0.977. The molecular weight excluding hydrogens is 452 g/mol. The predicted octanol–water partition coefficient (Wildman–Crippen LogP) is 4.75. The van der Waals surface area contributed by atoms with Crippen molar-refractivity contribution < 1.29 is 13.2 Å². The van der Waals surface area contributed by atoms with Crippen molar-refractivity contribution in [2.45, 2.75) is 30.8 Å². The maximum Gasteiger partial charge on any atom is 0.269 e. The number of likely N-dealkylation sites (tertiary alicyclic amines) is 1. The van der Waals surface area contributed by atoms with E-state index in [9.17, 15) is 8.42 Å². The molecule has 1 aromatic heterocycles. The standard InChI is InChI=1S/C22H25BrN2O3S/c1-22(2,16-12-13-24(3)14-16)28-20-15-25(19-10-6-4-8-17(19)20)29(26,27)21-11-7-5-9-18(21)23/h4-11,15-16H,12-14H2,1-3H3/t16-/m0/s1. The smallest absolute Gasteiger partial charge is 0.269 e. The van der Waals surface area contributed by atoms with Crippen molar-refractivity contribution in [2.75, 3.05) is 20.1 Å². The van der Waals surface area contributed by atoms with Gasteiger partial charge in [-0.05, 0) is 74.1 Å². The Morgan fingerprint density at radius 2 is 1.79 bits per heavy atom. The Hall–Kier alpha value is -1.83. The van der Waals surface area contributed by atoms with Crippen LogP contribution in [0.4, 0.5) is 0 Å². The number of benzene rings is 2. The van der Waals surface area contributed by atoms with E-state index in [0.717, 1.165) is 24.9 Å². The zero-order valence-corrected chi connectivity index (χ0v) is 19.2. The van der Waals surface area contributed by atoms with Crippen LogP contribution in [0.3, 0.4) is 0 Å². The van der Waals surface area contributed by atoms with Gasteiger partial charge in [0, 0.05) is 22.3 Å². The van der Waals surface area contributed by atoms with E-state index in [1.54, 1.807) is 30.5 Å². The Kier molecular flexibility index (Phi) is 5.25. The van der Waals surface area contributed by atoms with Gasteiger partial charge in [-0.3, -0.25) is 0 Å². The second-order valence-electron chi connectivity index (χ2n) is 8.20. The van der Waals surface area contributed by atoms with Crippen molar-refractivity contribution >= 4 is 36.9 Å². The molecule has 1 atom stereocenters. The fourth-order valence-electron chi connectivity index (χ4n) is 4.03. The van der Waals surface area contributed by atoms with E-state index in [-0.39, 0.29) is 4.90 Å². The fraction of sp³-hybridized carbons (Fsp3) is 0.364. The van der Waals surface area contributed by atoms with Crippen LogP contribution in [0.1, 0.15) is 20.3 Å². The zero-order chi connectivity index (χ0) is 20.8. The van der Waals surface area contributed by atoms with Crippen molar-refractivity contribution in [1.29, 1.82) is 0 Å². The number of hydrogen-bond donors (Lipinski definition) is 0. The molecule has 0 amide bonds. The molecule has 3 aromatic rings. The van der Waals surface area contributed by atoms with Crippen LogP contribution >= 0.6 is 15.9 Å². The molecule has 1 fully saturated rings. The number of rotatable bonds is 5. The van der Waals surface area contributed by atoms with E-state index >= 15 is 0 Å². The van der Waals surface area contributed by atoms with Crippen molar-refractivity contribution in [2.24, 2.45) is 5.92 Å². The van der Waals surface area contributed by atoms with Gasteiger partial charge in [-0.15, -0.1) is 0 Å². The predicted molar refractivity (Wildman–Crippen MR) is 119 cm³/mol. The van der Waals surface area contributed by atoms with E-state index in [4.69, 9.17) is 4.74 Å². The van der Waals surface area contributed by atoms with E-state index in [2.05, 4.69) is 41.7 Å². The number of fused-ring (bicyclic) bond motifs is 1. The Morgan fingerprint density at radius 1 is 1.10 bits per heavy atom. The third-order valence-corrected chi connectivity index (χ3v) is 8.45. The number of hydrogen-bond acceptors (Lipinski definition) is 4. The summed E-state index contributed by atoms with van der Waals surface area (Å²) in [6.45, 7) is 6.20. The molecule has 0 spiro atoms. The quantitative estimate of drug-likeness (QED) is 0.532. The zero-order valence-electron chi connectivity index (χ0n) is 16.8. The van der Waals surface area contributed by atoms with Gasteiger partial charge in [-0.1, -0.05) is 24.3 Å². The maximum absolute atomic E-state index is 13.4. The second kappa shape index (κ2) is 7.45. The average Bonchev–Trinajstić information content (AvgIpc) is 3.27. The Morgan fingerprint density at radius 3 is 2.48 bits per heavy atom. The molecule has 29 heavy (non-hydrogen) atoms. The number of ether oxygens (including phenoxy) is 1. The first-order valence-electron chi connectivity index (χ1n) is 9.68. The average molecular weight is 477 g/mol. The molecule has 0 radical (unpaired) electrons. The Balaban J connectivity index is 1.80. The summed E-state index contributed by atoms with van der Waals surface area (Å²) >= 11 is 3.37. The molecule has 5 nitrogen and oxygen atoms in total. The highest BCUT2D eigenvalue weighted by atomic mass is 79.9. The van der Waals surface area contributed by atoms with Gasteiger partial charge in [0.1, 0.15) is 16.2 Å². The summed E-state index contributed by atoms with van der Waals surface area (Å²) in [6, 6.07) is 14.3. The number of halogens is 1. The van der Waals surface area contributed by atoms with Crippen LogP contribution in [0.2, 0.25) is 0 Å². The van der Waals surface area contributed by atoms with E-state index in [1.807, 2.05) is 24.3 Å². The molecule has 0 saturated carbocycles. The summed E-state index contributed by atoms with van der Waals surface area (Å²) in [7, 11) is -1.66. The summed E-state index contributed by atoms with van der Waals surface area (Å²) in [6.07, 6.45) is 2.68. The van der Waals surface area contributed by atoms with Gasteiger partial charge in [0.25, 0.3) is 10.0 Å². The summed E-state index contributed by atoms with van der Waals surface area (Å²) in [4.78, 5) is 2.53. The summed E-state index contributed by atoms with van der Waals surface area (Å²) < 4.78 is 35.2. The lowest BCUT2D eigenvalue weighted by molar-refractivity contribution is 0.0498. The third kappa shape index (κ3) is 3.71. The molecule has 1 saturated heterocycles. The van der Waals surface area contributed by atoms with E-state index in [1.165, 1.54) is 3.97 Å². The monoisotopic (exact) mass is 476 g/mol. The van der Waals surface area contributed by atoms with Gasteiger partial charge in [-0.2, -0.15) is 0 Å². The Labute approximate surface area is 180 Å². The molecule has 0 unspecified atom stereocenters. The lowest BCUT2D eigenvalue weighted by Crippen LogP contribution is -2.39. The van der Waals surface area contributed by atoms with Gasteiger partial charge < -0.3 is 9.64 Å².